The summed E-state index contributed by atoms with van der Waals surface area (Å²) in [5, 5.41) is 0. The molecule has 0 N–H and O–H groups in total. The average Bonchev–Trinajstić information content (AvgIpc) is 3.83. The van der Waals surface area contributed by atoms with Crippen molar-refractivity contribution in [2.45, 2.75) is 90.4 Å². The van der Waals surface area contributed by atoms with E-state index in [0.29, 0.717) is 11.8 Å². The number of fused-ring (bicyclic) bond motifs is 9. The van der Waals surface area contributed by atoms with Crippen molar-refractivity contribution in [3.8, 4) is 44.5 Å². The van der Waals surface area contributed by atoms with Gasteiger partial charge < -0.3 is 0 Å². The smallest absolute Gasteiger partial charge is 0.0227 e. The van der Waals surface area contributed by atoms with Crippen molar-refractivity contribution >= 4 is 5.57 Å². The monoisotopic (exact) mass is 864 g/mol. The van der Waals surface area contributed by atoms with Crippen LogP contribution >= 0.6 is 0 Å². The van der Waals surface area contributed by atoms with Gasteiger partial charge in [-0.05, 0) is 151 Å². The molecule has 0 bridgehead atoms. The van der Waals surface area contributed by atoms with Gasteiger partial charge in [0.15, 0.2) is 0 Å². The maximum absolute atomic E-state index is 2.64. The molecule has 8 aromatic rings. The van der Waals surface area contributed by atoms with Gasteiger partial charge in [0.25, 0.3) is 0 Å². The minimum atomic E-state index is -0.280. The van der Waals surface area contributed by atoms with E-state index in [-0.39, 0.29) is 16.2 Å². The van der Waals surface area contributed by atoms with Crippen LogP contribution in [0.25, 0.3) is 50.1 Å². The van der Waals surface area contributed by atoms with Gasteiger partial charge in [-0.2, -0.15) is 0 Å². The van der Waals surface area contributed by atoms with E-state index in [0.717, 1.165) is 12.8 Å². The first-order valence-corrected chi connectivity index (χ1v) is 24.6. The minimum Gasteiger partial charge on any atom is -0.0760 e. The molecule has 0 radical (unpaired) electrons. The molecule has 8 aromatic carbocycles. The van der Waals surface area contributed by atoms with E-state index in [1.165, 1.54) is 122 Å². The summed E-state index contributed by atoms with van der Waals surface area (Å²) >= 11 is 0. The summed E-state index contributed by atoms with van der Waals surface area (Å²) in [6.45, 7) is 18.9. The van der Waals surface area contributed by atoms with Gasteiger partial charge in [-0.3, -0.25) is 0 Å². The fourth-order valence-electron chi connectivity index (χ4n) is 13.2. The van der Waals surface area contributed by atoms with Gasteiger partial charge in [-0.1, -0.05) is 227 Å². The van der Waals surface area contributed by atoms with Gasteiger partial charge in [-0.25, -0.2) is 0 Å². The molecule has 0 spiro atoms. The van der Waals surface area contributed by atoms with Crippen molar-refractivity contribution in [1.82, 2.24) is 0 Å². The van der Waals surface area contributed by atoms with Crippen molar-refractivity contribution in [2.24, 2.45) is 5.92 Å². The first-order chi connectivity index (χ1) is 32.3. The predicted octanol–water partition coefficient (Wildman–Crippen LogP) is 17.0. The molecule has 0 saturated carbocycles. The molecule has 328 valence electrons. The highest BCUT2D eigenvalue weighted by molar-refractivity contribution is 5.94. The molecule has 4 aliphatic carbocycles. The lowest BCUT2D eigenvalue weighted by molar-refractivity contribution is 0.555. The number of aryl methyl sites for hydroxylation is 3. The molecule has 0 nitrogen and oxygen atoms in total. The highest BCUT2D eigenvalue weighted by Crippen LogP contribution is 2.60. The number of hydrogen-bond acceptors (Lipinski definition) is 0. The Labute approximate surface area is 398 Å². The summed E-state index contributed by atoms with van der Waals surface area (Å²) in [5.74, 6) is 0.710. The lowest BCUT2D eigenvalue weighted by atomic mass is 9.69. The SMILES string of the molecule is Cc1ccc(-c2cc(CC3(C)C4=CC(C)C(c5ccc(C)cc5)C=C4c4ccccc43)c3c(c2)C(C)(Cc2cccc4c2-c2cccc(-c5ccc(C)cc5)c2C4(C)C)c2ccccc2-3)cc1. The van der Waals surface area contributed by atoms with Crippen LogP contribution in [0.2, 0.25) is 0 Å². The molecule has 0 heteroatoms. The summed E-state index contributed by atoms with van der Waals surface area (Å²) in [6, 6.07) is 65.5. The number of hydrogen-bond donors (Lipinski definition) is 0. The molecule has 4 unspecified atom stereocenters. The lowest BCUT2D eigenvalue weighted by Crippen LogP contribution is -2.27. The Morgan fingerprint density at radius 2 is 0.955 bits per heavy atom. The zero-order chi connectivity index (χ0) is 46.0. The van der Waals surface area contributed by atoms with Crippen LogP contribution in [0.5, 0.6) is 0 Å². The van der Waals surface area contributed by atoms with Gasteiger partial charge in [0.1, 0.15) is 0 Å². The minimum absolute atomic E-state index is 0.147. The molecular weight excluding hydrogens is 805 g/mol. The average molecular weight is 865 g/mol. The third-order valence-electron chi connectivity index (χ3n) is 16.7. The van der Waals surface area contributed by atoms with Crippen LogP contribution in [0, 0.1) is 26.7 Å². The van der Waals surface area contributed by atoms with E-state index in [1.807, 2.05) is 0 Å². The second-order valence-corrected chi connectivity index (χ2v) is 21.5. The maximum Gasteiger partial charge on any atom is 0.0227 e. The Bertz CT molecular complexity index is 3370. The maximum atomic E-state index is 2.64. The molecule has 0 heterocycles. The van der Waals surface area contributed by atoms with Gasteiger partial charge in [0.2, 0.25) is 0 Å². The van der Waals surface area contributed by atoms with Crippen LogP contribution in [-0.2, 0) is 29.1 Å². The summed E-state index contributed by atoms with van der Waals surface area (Å²) < 4.78 is 0. The van der Waals surface area contributed by atoms with E-state index in [4.69, 9.17) is 0 Å². The Morgan fingerprint density at radius 1 is 0.418 bits per heavy atom. The van der Waals surface area contributed by atoms with E-state index in [2.05, 4.69) is 237 Å². The third-order valence-corrected chi connectivity index (χ3v) is 16.7. The standard InChI is InChI=1S/C67H60/c1-41-23-29-45(30-24-41)49-36-50(40-66(7)57-20-11-9-16-52(57)56-38-55(44(4)35-60(56)66)47-33-27-43(3)28-34-47)63-53-17-10-12-21-58(53)67(8,61(63)37-49)39-48-15-13-22-59-62(48)54-19-14-18-51(64(54)65(59,5)6)46-31-25-42(2)26-32-46/h9-38,44,55H,39-40H2,1-8H3. The Morgan fingerprint density at radius 3 is 1.66 bits per heavy atom. The van der Waals surface area contributed by atoms with Gasteiger partial charge in [0.05, 0.1) is 0 Å². The van der Waals surface area contributed by atoms with Crippen molar-refractivity contribution in [3.63, 3.8) is 0 Å². The second-order valence-electron chi connectivity index (χ2n) is 21.5. The first kappa shape index (κ1) is 41.7. The quantitative estimate of drug-likeness (QED) is 0.150. The fraction of sp³-hybridized carbons (Fsp3) is 0.224. The number of rotatable bonds is 7. The van der Waals surface area contributed by atoms with E-state index in [1.54, 1.807) is 0 Å². The van der Waals surface area contributed by atoms with Crippen molar-refractivity contribution in [3.05, 3.63) is 254 Å². The lowest BCUT2D eigenvalue weighted by Gasteiger charge is -2.34. The van der Waals surface area contributed by atoms with Crippen molar-refractivity contribution < 1.29 is 0 Å². The van der Waals surface area contributed by atoms with E-state index in [9.17, 15) is 0 Å². The molecular formula is C67H60. The predicted molar refractivity (Wildman–Crippen MR) is 283 cm³/mol. The van der Waals surface area contributed by atoms with Crippen molar-refractivity contribution in [1.29, 1.82) is 0 Å². The first-order valence-electron chi connectivity index (χ1n) is 24.6. The van der Waals surface area contributed by atoms with Gasteiger partial charge >= 0.3 is 0 Å². The summed E-state index contributed by atoms with van der Waals surface area (Å²) in [6.07, 6.45) is 7.06. The van der Waals surface area contributed by atoms with Crippen LogP contribution in [0.1, 0.15) is 107 Å². The summed E-state index contributed by atoms with van der Waals surface area (Å²) in [7, 11) is 0. The third kappa shape index (κ3) is 6.32. The topological polar surface area (TPSA) is 0 Å². The highest BCUT2D eigenvalue weighted by Gasteiger charge is 2.48. The zero-order valence-electron chi connectivity index (χ0n) is 40.4. The summed E-state index contributed by atoms with van der Waals surface area (Å²) in [5.41, 5.74) is 29.8. The van der Waals surface area contributed by atoms with Crippen LogP contribution in [0.3, 0.4) is 0 Å². The molecule has 0 saturated heterocycles. The van der Waals surface area contributed by atoms with Crippen LogP contribution in [-0.4, -0.2) is 0 Å². The zero-order valence-corrected chi connectivity index (χ0v) is 40.4. The largest absolute Gasteiger partial charge is 0.0760 e. The molecule has 4 aliphatic rings. The Hall–Kier alpha value is -6.76. The van der Waals surface area contributed by atoms with Gasteiger partial charge in [-0.15, -0.1) is 0 Å². The Kier molecular flexibility index (Phi) is 9.41. The van der Waals surface area contributed by atoms with Crippen LogP contribution < -0.4 is 0 Å². The molecule has 67 heavy (non-hydrogen) atoms. The molecule has 4 atom stereocenters. The molecule has 12 rings (SSSR count). The van der Waals surface area contributed by atoms with E-state index < -0.39 is 0 Å². The molecule has 0 fully saturated rings. The van der Waals surface area contributed by atoms with E-state index >= 15 is 0 Å². The molecule has 0 aromatic heterocycles. The normalized spacial score (nSPS) is 21.4. The Balaban J connectivity index is 1.03. The summed E-state index contributed by atoms with van der Waals surface area (Å²) in [4.78, 5) is 0. The number of benzene rings is 8. The fourth-order valence-corrected chi connectivity index (χ4v) is 13.2. The second kappa shape index (κ2) is 15.1. The van der Waals surface area contributed by atoms with Crippen molar-refractivity contribution in [2.75, 3.05) is 0 Å². The highest BCUT2D eigenvalue weighted by atomic mass is 14.5. The molecule has 0 aliphatic heterocycles. The van der Waals surface area contributed by atoms with Gasteiger partial charge in [0, 0.05) is 22.2 Å². The number of allylic oxidation sites excluding steroid dienone is 4. The van der Waals surface area contributed by atoms with Crippen LogP contribution in [0.15, 0.2) is 188 Å². The van der Waals surface area contributed by atoms with Crippen LogP contribution in [0.4, 0.5) is 0 Å². The molecule has 0 amide bonds.